The largest absolute Gasteiger partial charge is 0.468 e. The molecule has 1 heterocycles. The first-order valence-corrected chi connectivity index (χ1v) is 7.32. The molecule has 1 aliphatic rings. The molecule has 0 unspecified atom stereocenters. The van der Waals surface area contributed by atoms with E-state index in [0.29, 0.717) is 13.2 Å². The molecular weight excluding hydrogens is 286 g/mol. The minimum Gasteiger partial charge on any atom is -0.468 e. The molecule has 1 aliphatic heterocycles. The van der Waals surface area contributed by atoms with E-state index in [4.69, 9.17) is 14.2 Å². The van der Waals surface area contributed by atoms with E-state index in [0.717, 1.165) is 23.6 Å². The fourth-order valence-corrected chi connectivity index (χ4v) is 2.89. The molecule has 120 valence electrons. The summed E-state index contributed by atoms with van der Waals surface area (Å²) in [4.78, 5) is 25.5. The van der Waals surface area contributed by atoms with Crippen LogP contribution in [-0.4, -0.2) is 52.5 Å². The van der Waals surface area contributed by atoms with Crippen molar-refractivity contribution in [2.75, 3.05) is 40.5 Å². The Bertz CT molecular complexity index is 483. The van der Waals surface area contributed by atoms with Crippen LogP contribution in [0.1, 0.15) is 11.6 Å². The number of nitrogens with one attached hydrogen (secondary N) is 1. The minimum absolute atomic E-state index is 0.343. The third kappa shape index (κ3) is 3.64. The second-order valence-electron chi connectivity index (χ2n) is 5.18. The van der Waals surface area contributed by atoms with Crippen LogP contribution in [0.5, 0.6) is 0 Å². The van der Waals surface area contributed by atoms with Crippen molar-refractivity contribution in [1.82, 2.24) is 0 Å². The van der Waals surface area contributed by atoms with Gasteiger partial charge in [0, 0.05) is 5.56 Å². The fourth-order valence-electron chi connectivity index (χ4n) is 2.89. The highest BCUT2D eigenvalue weighted by molar-refractivity contribution is 5.95. The molecule has 0 bridgehead atoms. The van der Waals surface area contributed by atoms with Crippen LogP contribution in [0.15, 0.2) is 30.3 Å². The van der Waals surface area contributed by atoms with E-state index in [1.807, 2.05) is 30.3 Å². The van der Waals surface area contributed by atoms with Gasteiger partial charge in [-0.2, -0.15) is 0 Å². The molecule has 0 amide bonds. The van der Waals surface area contributed by atoms with Crippen molar-refractivity contribution < 1.29 is 28.7 Å². The van der Waals surface area contributed by atoms with Crippen molar-refractivity contribution in [1.29, 1.82) is 0 Å². The number of ether oxygens (including phenoxy) is 3. The SMILES string of the molecule is COC(=O)C(C(=O)OC)[C@H](c1ccccc1)[NH+]1CCOCC1. The predicted octanol–water partition coefficient (Wildman–Crippen LogP) is -0.395. The molecule has 0 saturated carbocycles. The van der Waals surface area contributed by atoms with E-state index in [2.05, 4.69) is 0 Å². The summed E-state index contributed by atoms with van der Waals surface area (Å²) < 4.78 is 15.1. The third-order valence-electron chi connectivity index (χ3n) is 3.98. The maximum absolute atomic E-state index is 12.2. The van der Waals surface area contributed by atoms with E-state index in [-0.39, 0.29) is 6.04 Å². The summed E-state index contributed by atoms with van der Waals surface area (Å²) in [5, 5.41) is 0. The van der Waals surface area contributed by atoms with Gasteiger partial charge in [0.2, 0.25) is 5.92 Å². The van der Waals surface area contributed by atoms with E-state index in [9.17, 15) is 9.59 Å². The van der Waals surface area contributed by atoms with Crippen LogP contribution in [0.3, 0.4) is 0 Å². The van der Waals surface area contributed by atoms with Gasteiger partial charge in [-0.15, -0.1) is 0 Å². The summed E-state index contributed by atoms with van der Waals surface area (Å²) in [7, 11) is 2.57. The lowest BCUT2D eigenvalue weighted by Gasteiger charge is -2.34. The Kier molecular flexibility index (Phi) is 5.91. The van der Waals surface area contributed by atoms with E-state index in [1.165, 1.54) is 14.2 Å². The van der Waals surface area contributed by atoms with Gasteiger partial charge in [0.15, 0.2) is 0 Å². The van der Waals surface area contributed by atoms with Gasteiger partial charge in [-0.25, -0.2) is 0 Å². The van der Waals surface area contributed by atoms with Crippen LogP contribution in [0.4, 0.5) is 0 Å². The molecule has 0 aromatic heterocycles. The molecule has 1 aromatic carbocycles. The highest BCUT2D eigenvalue weighted by Crippen LogP contribution is 2.22. The van der Waals surface area contributed by atoms with Crippen LogP contribution in [0, 0.1) is 5.92 Å². The third-order valence-corrected chi connectivity index (χ3v) is 3.98. The number of esters is 2. The van der Waals surface area contributed by atoms with Crippen molar-refractivity contribution in [2.24, 2.45) is 5.92 Å². The van der Waals surface area contributed by atoms with E-state index < -0.39 is 17.9 Å². The van der Waals surface area contributed by atoms with Gasteiger partial charge in [0.05, 0.1) is 27.4 Å². The van der Waals surface area contributed by atoms with Crippen LogP contribution in [-0.2, 0) is 23.8 Å². The van der Waals surface area contributed by atoms with Gasteiger partial charge in [-0.1, -0.05) is 30.3 Å². The standard InChI is InChI=1S/C16H21NO5/c1-20-15(18)13(16(19)21-2)14(12-6-4-3-5-7-12)17-8-10-22-11-9-17/h3-7,13-14H,8-11H2,1-2H3/p+1/t14-/m0/s1. The molecule has 0 spiro atoms. The van der Waals surface area contributed by atoms with Crippen molar-refractivity contribution >= 4 is 11.9 Å². The average Bonchev–Trinajstić information content (AvgIpc) is 2.59. The quantitative estimate of drug-likeness (QED) is 0.592. The molecule has 0 aliphatic carbocycles. The Morgan fingerprint density at radius 2 is 1.59 bits per heavy atom. The summed E-state index contributed by atoms with van der Waals surface area (Å²) >= 11 is 0. The van der Waals surface area contributed by atoms with Gasteiger partial charge >= 0.3 is 11.9 Å². The molecule has 0 radical (unpaired) electrons. The van der Waals surface area contributed by atoms with Crippen LogP contribution >= 0.6 is 0 Å². The first kappa shape index (κ1) is 16.5. The molecule has 1 saturated heterocycles. The number of benzene rings is 1. The lowest BCUT2D eigenvalue weighted by Crippen LogP contribution is -3.15. The molecule has 2 rings (SSSR count). The molecule has 1 atom stereocenters. The normalized spacial score (nSPS) is 17.0. The molecule has 6 nitrogen and oxygen atoms in total. The van der Waals surface area contributed by atoms with Crippen molar-refractivity contribution in [3.8, 4) is 0 Å². The van der Waals surface area contributed by atoms with Crippen LogP contribution in [0.25, 0.3) is 0 Å². The molecule has 22 heavy (non-hydrogen) atoms. The Hall–Kier alpha value is -1.92. The van der Waals surface area contributed by atoms with Gasteiger partial charge < -0.3 is 19.1 Å². The predicted molar refractivity (Wildman–Crippen MR) is 78.2 cm³/mol. The Morgan fingerprint density at radius 1 is 1.05 bits per heavy atom. The zero-order valence-electron chi connectivity index (χ0n) is 12.9. The maximum Gasteiger partial charge on any atom is 0.326 e. The first-order chi connectivity index (χ1) is 10.7. The monoisotopic (exact) mass is 308 g/mol. The molecule has 1 fully saturated rings. The molecule has 1 aromatic rings. The van der Waals surface area contributed by atoms with Crippen molar-refractivity contribution in [3.63, 3.8) is 0 Å². The van der Waals surface area contributed by atoms with Gasteiger partial charge in [0.25, 0.3) is 0 Å². The highest BCUT2D eigenvalue weighted by Gasteiger charge is 2.44. The highest BCUT2D eigenvalue weighted by atomic mass is 16.5. The number of carbonyl (C=O) groups excluding carboxylic acids is 2. The van der Waals surface area contributed by atoms with Crippen LogP contribution < -0.4 is 4.90 Å². The second-order valence-corrected chi connectivity index (χ2v) is 5.18. The van der Waals surface area contributed by atoms with Gasteiger partial charge in [-0.3, -0.25) is 9.59 Å². The zero-order chi connectivity index (χ0) is 15.9. The zero-order valence-corrected chi connectivity index (χ0v) is 12.9. The number of rotatable bonds is 5. The summed E-state index contributed by atoms with van der Waals surface area (Å²) in [6.45, 7) is 2.66. The van der Waals surface area contributed by atoms with Gasteiger partial charge in [0.1, 0.15) is 19.1 Å². The van der Waals surface area contributed by atoms with Crippen molar-refractivity contribution in [3.05, 3.63) is 35.9 Å². The lowest BCUT2D eigenvalue weighted by molar-refractivity contribution is -0.941. The summed E-state index contributed by atoms with van der Waals surface area (Å²) in [5.74, 6) is -2.12. The number of quaternary nitrogens is 1. The van der Waals surface area contributed by atoms with Crippen LogP contribution in [0.2, 0.25) is 0 Å². The maximum atomic E-state index is 12.2. The smallest absolute Gasteiger partial charge is 0.326 e. The summed E-state index contributed by atoms with van der Waals surface area (Å²) in [5.41, 5.74) is 0.917. The summed E-state index contributed by atoms with van der Waals surface area (Å²) in [6, 6.07) is 9.20. The minimum atomic E-state index is -0.981. The number of hydrogen-bond donors (Lipinski definition) is 1. The number of carbonyl (C=O) groups is 2. The fraction of sp³-hybridized carbons (Fsp3) is 0.500. The van der Waals surface area contributed by atoms with E-state index in [1.54, 1.807) is 0 Å². The molecular formula is C16H22NO5+. The first-order valence-electron chi connectivity index (χ1n) is 7.32. The van der Waals surface area contributed by atoms with Crippen molar-refractivity contribution in [2.45, 2.75) is 6.04 Å². The molecule has 1 N–H and O–H groups in total. The number of methoxy groups -OCH3 is 2. The average molecular weight is 308 g/mol. The Balaban J connectivity index is 2.40. The topological polar surface area (TPSA) is 66.3 Å². The second kappa shape index (κ2) is 7.91. The summed E-state index contributed by atoms with van der Waals surface area (Å²) in [6.07, 6.45) is 0. The molecule has 6 heteroatoms. The number of hydrogen-bond acceptors (Lipinski definition) is 5. The number of morpholine rings is 1. The Labute approximate surface area is 129 Å². The Morgan fingerprint density at radius 3 is 2.09 bits per heavy atom. The van der Waals surface area contributed by atoms with E-state index >= 15 is 0 Å². The lowest BCUT2D eigenvalue weighted by atomic mass is 9.91. The van der Waals surface area contributed by atoms with Gasteiger partial charge in [-0.05, 0) is 0 Å².